The smallest absolute Gasteiger partial charge is 0.431 e. The Kier molecular flexibility index (Phi) is 14.5. The Bertz CT molecular complexity index is 1590. The maximum Gasteiger partial charge on any atom is 0.549 e. The lowest BCUT2D eigenvalue weighted by atomic mass is 9.86. The summed E-state index contributed by atoms with van der Waals surface area (Å²) in [6, 6.07) is 14.7. The van der Waals surface area contributed by atoms with Crippen molar-refractivity contribution >= 4 is 36.4 Å². The summed E-state index contributed by atoms with van der Waals surface area (Å²) >= 11 is 0. The van der Waals surface area contributed by atoms with Crippen LogP contribution in [0.3, 0.4) is 0 Å². The summed E-state index contributed by atoms with van der Waals surface area (Å²) < 4.78 is 15.5. The molecule has 0 N–H and O–H groups in total. The third-order valence-corrected chi connectivity index (χ3v) is 8.30. The number of aryl methyl sites for hydroxylation is 3. The van der Waals surface area contributed by atoms with Crippen molar-refractivity contribution in [1.82, 2.24) is 0 Å². The van der Waals surface area contributed by atoms with E-state index in [4.69, 9.17) is 14.2 Å². The second kappa shape index (κ2) is 18.8. The number of ether oxygens (including phenoxy) is 3. The summed E-state index contributed by atoms with van der Waals surface area (Å²) in [7, 11) is 0. The SMILES string of the molecule is CCCC(COC(=O)OOC(=O)c1cccc(C)c1C)(COC(=O)OOC(=O)c1cccc(C)c1C)COC(=O)OOC(=O)c1cccc(C)c1C. The number of rotatable bonds is 11. The van der Waals surface area contributed by atoms with E-state index in [1.54, 1.807) is 84.9 Å². The molecule has 0 aromatic heterocycles. The largest absolute Gasteiger partial charge is 0.549 e. The monoisotopic (exact) mass is 724 g/mol. The minimum atomic E-state index is -1.50. The van der Waals surface area contributed by atoms with Crippen LogP contribution in [-0.4, -0.2) is 56.2 Å². The predicted octanol–water partition coefficient (Wildman–Crippen LogP) is 7.40. The molecule has 0 atom stereocenters. The Hall–Kier alpha value is -6.12. The van der Waals surface area contributed by atoms with E-state index in [-0.39, 0.29) is 23.1 Å². The highest BCUT2D eigenvalue weighted by Gasteiger charge is 2.37. The summed E-state index contributed by atoms with van der Waals surface area (Å²) in [4.78, 5) is 102. The highest BCUT2D eigenvalue weighted by atomic mass is 17.2. The van der Waals surface area contributed by atoms with Crippen LogP contribution in [0.25, 0.3) is 0 Å². The van der Waals surface area contributed by atoms with Gasteiger partial charge in [-0.15, -0.1) is 0 Å². The van der Waals surface area contributed by atoms with Crippen LogP contribution in [0.15, 0.2) is 54.6 Å². The van der Waals surface area contributed by atoms with Crippen molar-refractivity contribution in [3.8, 4) is 0 Å². The van der Waals surface area contributed by atoms with Crippen molar-refractivity contribution in [3.05, 3.63) is 105 Å². The molecule has 0 amide bonds. The Morgan fingerprint density at radius 3 is 1.02 bits per heavy atom. The van der Waals surface area contributed by atoms with E-state index in [0.29, 0.717) is 23.1 Å². The highest BCUT2D eigenvalue weighted by Crippen LogP contribution is 2.27. The van der Waals surface area contributed by atoms with Crippen LogP contribution in [0.5, 0.6) is 0 Å². The maximum atomic E-state index is 12.5. The third kappa shape index (κ3) is 11.2. The van der Waals surface area contributed by atoms with Gasteiger partial charge in [-0.25, -0.2) is 43.7 Å². The predicted molar refractivity (Wildman–Crippen MR) is 179 cm³/mol. The first-order chi connectivity index (χ1) is 24.7. The number of hydrogen-bond acceptors (Lipinski definition) is 15. The van der Waals surface area contributed by atoms with Crippen LogP contribution in [0, 0.1) is 47.0 Å². The molecule has 0 bridgehead atoms. The van der Waals surface area contributed by atoms with Crippen molar-refractivity contribution in [2.24, 2.45) is 5.41 Å². The van der Waals surface area contributed by atoms with Crippen molar-refractivity contribution in [1.29, 1.82) is 0 Å². The van der Waals surface area contributed by atoms with E-state index < -0.39 is 61.6 Å². The third-order valence-electron chi connectivity index (χ3n) is 8.30. The first-order valence-corrected chi connectivity index (χ1v) is 16.0. The first-order valence-electron chi connectivity index (χ1n) is 16.0. The second-order valence-corrected chi connectivity index (χ2v) is 12.0. The van der Waals surface area contributed by atoms with Crippen LogP contribution in [0.1, 0.15) is 84.2 Å². The van der Waals surface area contributed by atoms with Crippen LogP contribution >= 0.6 is 0 Å². The lowest BCUT2D eigenvalue weighted by molar-refractivity contribution is -0.217. The molecule has 0 spiro atoms. The van der Waals surface area contributed by atoms with Crippen LogP contribution in [0.4, 0.5) is 14.4 Å². The Morgan fingerprint density at radius 1 is 0.462 bits per heavy atom. The molecule has 0 radical (unpaired) electrons. The van der Waals surface area contributed by atoms with Gasteiger partial charge in [-0.05, 0) is 99.5 Å². The van der Waals surface area contributed by atoms with E-state index in [9.17, 15) is 28.8 Å². The molecule has 0 unspecified atom stereocenters. The van der Waals surface area contributed by atoms with Gasteiger partial charge >= 0.3 is 36.4 Å². The quantitative estimate of drug-likeness (QED) is 0.0823. The lowest BCUT2D eigenvalue weighted by Crippen LogP contribution is -2.40. The van der Waals surface area contributed by atoms with Gasteiger partial charge in [0.1, 0.15) is 19.8 Å². The van der Waals surface area contributed by atoms with E-state index in [0.717, 1.165) is 16.7 Å². The van der Waals surface area contributed by atoms with Crippen molar-refractivity contribution in [2.75, 3.05) is 19.8 Å². The van der Waals surface area contributed by atoms with Gasteiger partial charge in [0.05, 0.1) is 22.1 Å². The average Bonchev–Trinajstić information content (AvgIpc) is 3.12. The summed E-state index contributed by atoms with van der Waals surface area (Å²) in [6.07, 6.45) is -3.91. The molecule has 0 saturated heterocycles. The van der Waals surface area contributed by atoms with E-state index >= 15 is 0 Å². The zero-order valence-electron chi connectivity index (χ0n) is 29.9. The normalized spacial score (nSPS) is 10.7. The van der Waals surface area contributed by atoms with Gasteiger partial charge in [0.25, 0.3) is 0 Å². The number of carbonyl (C=O) groups excluding carboxylic acids is 6. The summed E-state index contributed by atoms with van der Waals surface area (Å²) in [6.45, 7) is 10.3. The van der Waals surface area contributed by atoms with E-state index in [1.807, 2.05) is 0 Å². The zero-order chi connectivity index (χ0) is 38.4. The van der Waals surface area contributed by atoms with E-state index in [2.05, 4.69) is 29.3 Å². The molecule has 15 nitrogen and oxygen atoms in total. The number of carbonyl (C=O) groups is 6. The molecular weight excluding hydrogens is 684 g/mol. The highest BCUT2D eigenvalue weighted by molar-refractivity contribution is 5.92. The Morgan fingerprint density at radius 2 is 0.750 bits per heavy atom. The number of hydrogen-bond donors (Lipinski definition) is 0. The van der Waals surface area contributed by atoms with Gasteiger partial charge in [-0.3, -0.25) is 0 Å². The Balaban J connectivity index is 1.67. The second-order valence-electron chi connectivity index (χ2n) is 12.0. The molecule has 0 fully saturated rings. The van der Waals surface area contributed by atoms with Crippen LogP contribution in [0.2, 0.25) is 0 Å². The van der Waals surface area contributed by atoms with Crippen molar-refractivity contribution in [2.45, 2.75) is 61.3 Å². The Labute approximate surface area is 299 Å². The molecule has 0 aliphatic rings. The summed E-state index contributed by atoms with van der Waals surface area (Å²) in [5.74, 6) is -2.87. The van der Waals surface area contributed by atoms with Crippen LogP contribution in [-0.2, 0) is 43.5 Å². The minimum absolute atomic E-state index is 0.0770. The van der Waals surface area contributed by atoms with Gasteiger partial charge < -0.3 is 14.2 Å². The molecule has 3 aromatic carbocycles. The molecular formula is C37H40O15. The van der Waals surface area contributed by atoms with Gasteiger partial charge in [-0.1, -0.05) is 49.7 Å². The van der Waals surface area contributed by atoms with E-state index in [1.165, 1.54) is 18.2 Å². The summed E-state index contributed by atoms with van der Waals surface area (Å²) in [5, 5.41) is 0. The molecule has 3 rings (SSSR count). The first kappa shape index (κ1) is 40.3. The van der Waals surface area contributed by atoms with Gasteiger partial charge in [-0.2, -0.15) is 14.4 Å². The molecule has 0 aliphatic carbocycles. The van der Waals surface area contributed by atoms with Gasteiger partial charge in [0.15, 0.2) is 0 Å². The zero-order valence-corrected chi connectivity index (χ0v) is 29.9. The lowest BCUT2D eigenvalue weighted by Gasteiger charge is -2.30. The minimum Gasteiger partial charge on any atom is -0.431 e. The average molecular weight is 725 g/mol. The fourth-order valence-electron chi connectivity index (χ4n) is 4.85. The van der Waals surface area contributed by atoms with Gasteiger partial charge in [0.2, 0.25) is 0 Å². The molecule has 0 aliphatic heterocycles. The van der Waals surface area contributed by atoms with Gasteiger partial charge in [0, 0.05) is 0 Å². The number of benzene rings is 3. The van der Waals surface area contributed by atoms with Crippen LogP contribution < -0.4 is 0 Å². The molecule has 278 valence electrons. The molecule has 3 aromatic rings. The molecule has 15 heteroatoms. The fourth-order valence-corrected chi connectivity index (χ4v) is 4.85. The molecule has 0 heterocycles. The maximum absolute atomic E-state index is 12.5. The topological polar surface area (TPSA) is 185 Å². The molecule has 52 heavy (non-hydrogen) atoms. The standard InChI is InChI=1S/C37H40O15/c1-8-18-37(19-44-34(41)50-47-31(38)28-15-9-12-22(2)25(28)5,20-45-35(42)51-48-32(39)29-16-10-13-23(3)26(29)6)21-46-36(43)52-49-33(40)30-17-11-14-24(4)27(30)7/h9-17H,8,18-21H2,1-7H3. The van der Waals surface area contributed by atoms with Crippen molar-refractivity contribution in [3.63, 3.8) is 0 Å². The van der Waals surface area contributed by atoms with Crippen molar-refractivity contribution < 1.29 is 72.3 Å². The summed E-state index contributed by atoms with van der Waals surface area (Å²) in [5.41, 5.74) is 3.21. The molecule has 0 saturated carbocycles. The fraction of sp³-hybridized carbons (Fsp3) is 0.351.